The molecule has 94 valence electrons. The normalized spacial score (nSPS) is 18.8. The van der Waals surface area contributed by atoms with Crippen LogP contribution in [-0.4, -0.2) is 32.4 Å². The van der Waals surface area contributed by atoms with Crippen LogP contribution in [0, 0.1) is 0 Å². The third kappa shape index (κ3) is 3.70. The molecule has 0 saturated heterocycles. The third-order valence-electron chi connectivity index (χ3n) is 2.50. The molecule has 1 aliphatic carbocycles. The molecule has 1 aliphatic rings. The Morgan fingerprint density at radius 2 is 2.06 bits per heavy atom. The van der Waals surface area contributed by atoms with Crippen molar-refractivity contribution in [2.75, 3.05) is 21.3 Å². The molecule has 5 heteroatoms. The van der Waals surface area contributed by atoms with E-state index in [1.54, 1.807) is 39.6 Å². The van der Waals surface area contributed by atoms with Crippen molar-refractivity contribution in [2.24, 2.45) is 0 Å². The number of halogens is 1. The molecular weight excluding hydrogens is 244 g/mol. The van der Waals surface area contributed by atoms with Crippen molar-refractivity contribution in [1.29, 1.82) is 0 Å². The summed E-state index contributed by atoms with van der Waals surface area (Å²) in [5, 5.41) is -0.528. The van der Waals surface area contributed by atoms with Crippen molar-refractivity contribution in [3.05, 3.63) is 35.6 Å². The minimum absolute atomic E-state index is 0.480. The minimum atomic E-state index is -0.866. The lowest BCUT2D eigenvalue weighted by Gasteiger charge is -2.31. The van der Waals surface area contributed by atoms with Gasteiger partial charge in [-0.1, -0.05) is 6.08 Å². The predicted molar refractivity (Wildman–Crippen MR) is 64.5 cm³/mol. The lowest BCUT2D eigenvalue weighted by atomic mass is 9.97. The van der Waals surface area contributed by atoms with E-state index in [1.165, 1.54) is 6.08 Å². The smallest absolute Gasteiger partial charge is 0.245 e. The van der Waals surface area contributed by atoms with Gasteiger partial charge in [0.25, 0.3) is 0 Å². The summed E-state index contributed by atoms with van der Waals surface area (Å²) in [5.41, 5.74) is 0.835. The van der Waals surface area contributed by atoms with Crippen molar-refractivity contribution in [1.82, 2.24) is 0 Å². The Hall–Kier alpha value is -1.10. The van der Waals surface area contributed by atoms with Gasteiger partial charge in [-0.15, -0.1) is 0 Å². The van der Waals surface area contributed by atoms with Gasteiger partial charge in [-0.05, 0) is 29.3 Å². The van der Waals surface area contributed by atoms with Gasteiger partial charge in [0.05, 0.1) is 7.11 Å². The van der Waals surface area contributed by atoms with E-state index >= 15 is 0 Å². The molecule has 0 N–H and O–H groups in total. The van der Waals surface area contributed by atoms with Crippen LogP contribution in [0.5, 0.6) is 0 Å². The Morgan fingerprint density at radius 1 is 1.41 bits per heavy atom. The number of hydrogen-bond acceptors (Lipinski definition) is 4. The van der Waals surface area contributed by atoms with Gasteiger partial charge in [-0.3, -0.25) is 4.79 Å². The molecule has 1 rings (SSSR count). The Balaban J connectivity index is 2.98. The van der Waals surface area contributed by atoms with Crippen LogP contribution < -0.4 is 0 Å². The monoisotopic (exact) mass is 258 g/mol. The molecule has 0 bridgehead atoms. The number of allylic oxidation sites excluding steroid dienone is 3. The highest BCUT2D eigenvalue weighted by molar-refractivity contribution is 6.66. The number of ether oxygens (including phenoxy) is 3. The zero-order chi connectivity index (χ0) is 12.9. The first-order chi connectivity index (χ1) is 8.05. The van der Waals surface area contributed by atoms with E-state index in [0.717, 1.165) is 5.57 Å². The number of rotatable bonds is 5. The van der Waals surface area contributed by atoms with E-state index in [9.17, 15) is 4.79 Å². The molecule has 4 nitrogen and oxygen atoms in total. The summed E-state index contributed by atoms with van der Waals surface area (Å²) in [4.78, 5) is 10.7. The first-order valence-electron chi connectivity index (χ1n) is 5.00. The zero-order valence-corrected chi connectivity index (χ0v) is 10.8. The van der Waals surface area contributed by atoms with Gasteiger partial charge in [0.15, 0.2) is 5.79 Å². The van der Waals surface area contributed by atoms with E-state index in [0.29, 0.717) is 12.2 Å². The van der Waals surface area contributed by atoms with Crippen molar-refractivity contribution >= 4 is 16.8 Å². The molecule has 0 aromatic heterocycles. The van der Waals surface area contributed by atoms with Crippen LogP contribution in [0.4, 0.5) is 0 Å². The second-order valence-corrected chi connectivity index (χ2v) is 3.88. The highest BCUT2D eigenvalue weighted by Crippen LogP contribution is 2.30. The fourth-order valence-electron chi connectivity index (χ4n) is 1.57. The lowest BCUT2D eigenvalue weighted by Crippen LogP contribution is -2.34. The topological polar surface area (TPSA) is 44.8 Å². The highest BCUT2D eigenvalue weighted by Gasteiger charge is 2.31. The molecular formula is C12H15ClO4. The predicted octanol–water partition coefficient (Wildman–Crippen LogP) is 2.16. The van der Waals surface area contributed by atoms with Crippen molar-refractivity contribution in [2.45, 2.75) is 12.2 Å². The summed E-state index contributed by atoms with van der Waals surface area (Å²) in [7, 11) is 4.65. The summed E-state index contributed by atoms with van der Waals surface area (Å²) < 4.78 is 15.8. The molecule has 0 unspecified atom stereocenters. The van der Waals surface area contributed by atoms with Gasteiger partial charge in [-0.2, -0.15) is 0 Å². The summed E-state index contributed by atoms with van der Waals surface area (Å²) >= 11 is 5.24. The number of methoxy groups -OCH3 is 3. The lowest BCUT2D eigenvalue weighted by molar-refractivity contribution is -0.170. The Morgan fingerprint density at radius 3 is 2.53 bits per heavy atom. The summed E-state index contributed by atoms with van der Waals surface area (Å²) in [6.45, 7) is 0. The van der Waals surface area contributed by atoms with Crippen molar-refractivity contribution in [3.8, 4) is 0 Å². The van der Waals surface area contributed by atoms with Crippen LogP contribution in [0.25, 0.3) is 0 Å². The molecule has 0 aromatic rings. The van der Waals surface area contributed by atoms with Crippen molar-refractivity contribution < 1.29 is 19.0 Å². The SMILES string of the molecule is COC1=CC(OC)(OC)CC(C=CC(=O)Cl)=C1. The number of carbonyl (C=O) groups is 1. The van der Waals surface area contributed by atoms with E-state index < -0.39 is 11.0 Å². The number of carbonyl (C=O) groups excluding carboxylic acids is 1. The summed E-state index contributed by atoms with van der Waals surface area (Å²) in [5.74, 6) is -0.253. The fraction of sp³-hybridized carbons (Fsp3) is 0.417. The molecule has 0 radical (unpaired) electrons. The highest BCUT2D eigenvalue weighted by atomic mass is 35.5. The van der Waals surface area contributed by atoms with Crippen LogP contribution in [0.15, 0.2) is 35.6 Å². The van der Waals surface area contributed by atoms with Crippen LogP contribution >= 0.6 is 11.6 Å². The fourth-order valence-corrected chi connectivity index (χ4v) is 1.63. The van der Waals surface area contributed by atoms with E-state index in [2.05, 4.69) is 0 Å². The van der Waals surface area contributed by atoms with Gasteiger partial charge >= 0.3 is 0 Å². The molecule has 17 heavy (non-hydrogen) atoms. The molecule has 0 fully saturated rings. The van der Waals surface area contributed by atoms with E-state index in [1.807, 2.05) is 0 Å². The summed E-state index contributed by atoms with van der Waals surface area (Å²) in [6.07, 6.45) is 6.92. The van der Waals surface area contributed by atoms with Crippen LogP contribution in [-0.2, 0) is 19.0 Å². The average Bonchev–Trinajstić information content (AvgIpc) is 2.35. The van der Waals surface area contributed by atoms with Crippen LogP contribution in [0.1, 0.15) is 6.42 Å². The maximum absolute atomic E-state index is 10.7. The quantitative estimate of drug-likeness (QED) is 0.431. The van der Waals surface area contributed by atoms with Crippen LogP contribution in [0.3, 0.4) is 0 Å². The van der Waals surface area contributed by atoms with Gasteiger partial charge in [0.1, 0.15) is 5.76 Å². The zero-order valence-electron chi connectivity index (χ0n) is 10.0. The molecule has 0 atom stereocenters. The van der Waals surface area contributed by atoms with Crippen LogP contribution in [0.2, 0.25) is 0 Å². The Labute approximate surface area is 105 Å². The molecule has 0 amide bonds. The largest absolute Gasteiger partial charge is 0.497 e. The Bertz CT molecular complexity index is 378. The molecule has 0 heterocycles. The number of hydrogen-bond donors (Lipinski definition) is 0. The second-order valence-electron chi connectivity index (χ2n) is 3.50. The molecule has 0 aliphatic heterocycles. The molecule has 0 aromatic carbocycles. The molecule has 0 saturated carbocycles. The van der Waals surface area contributed by atoms with Gasteiger partial charge < -0.3 is 14.2 Å². The maximum Gasteiger partial charge on any atom is 0.245 e. The minimum Gasteiger partial charge on any atom is -0.497 e. The maximum atomic E-state index is 10.7. The molecule has 0 spiro atoms. The summed E-state index contributed by atoms with van der Waals surface area (Å²) in [6, 6.07) is 0. The second kappa shape index (κ2) is 6.00. The van der Waals surface area contributed by atoms with E-state index in [4.69, 9.17) is 25.8 Å². The Kier molecular flexibility index (Phi) is 4.93. The van der Waals surface area contributed by atoms with Gasteiger partial charge in [0.2, 0.25) is 5.24 Å². The van der Waals surface area contributed by atoms with Gasteiger partial charge in [-0.25, -0.2) is 0 Å². The van der Waals surface area contributed by atoms with Gasteiger partial charge in [0, 0.05) is 26.7 Å². The first-order valence-corrected chi connectivity index (χ1v) is 5.38. The average molecular weight is 259 g/mol. The first kappa shape index (κ1) is 14.0. The van der Waals surface area contributed by atoms with Crippen molar-refractivity contribution in [3.63, 3.8) is 0 Å². The standard InChI is InChI=1S/C12H15ClO4/c1-15-10-6-9(4-5-11(13)14)7-12(8-10,16-2)17-3/h4-6,8H,7H2,1-3H3. The third-order valence-corrected chi connectivity index (χ3v) is 2.62. The van der Waals surface area contributed by atoms with E-state index in [-0.39, 0.29) is 0 Å².